The summed E-state index contributed by atoms with van der Waals surface area (Å²) in [6.45, 7) is 0. The zero-order chi connectivity index (χ0) is 22.5. The second-order valence-electron chi connectivity index (χ2n) is 6.79. The largest absolute Gasteiger partial charge is 0.495 e. The first-order valence-corrected chi connectivity index (χ1v) is 10.0. The van der Waals surface area contributed by atoms with E-state index in [1.807, 2.05) is 6.07 Å². The van der Waals surface area contributed by atoms with Gasteiger partial charge in [0.25, 0.3) is 5.91 Å². The molecule has 1 amide bonds. The quantitative estimate of drug-likeness (QED) is 0.381. The maximum absolute atomic E-state index is 13.5. The Balaban J connectivity index is 1.50. The number of carbonyl (C=O) groups is 1. The number of benzene rings is 3. The van der Waals surface area contributed by atoms with Gasteiger partial charge < -0.3 is 15.4 Å². The third kappa shape index (κ3) is 5.01. The van der Waals surface area contributed by atoms with Crippen molar-refractivity contribution in [2.75, 3.05) is 17.7 Å². The lowest BCUT2D eigenvalue weighted by Crippen LogP contribution is -2.12. The molecule has 1 heterocycles. The van der Waals surface area contributed by atoms with Crippen LogP contribution in [-0.2, 0) is 0 Å². The predicted octanol–water partition coefficient (Wildman–Crippen LogP) is 5.94. The van der Waals surface area contributed by atoms with Crippen molar-refractivity contribution in [1.29, 1.82) is 0 Å². The number of nitrogens with one attached hydrogen (secondary N) is 2. The van der Waals surface area contributed by atoms with Crippen LogP contribution in [0.1, 0.15) is 10.4 Å². The lowest BCUT2D eigenvalue weighted by Gasteiger charge is -2.10. The SMILES string of the molecule is COc1ccc(NC(=O)c2cccc(Nc3ccnc(-c4cccc(F)c4)n3)c2)cc1Cl. The van der Waals surface area contributed by atoms with Crippen molar-refractivity contribution in [2.45, 2.75) is 0 Å². The first kappa shape index (κ1) is 21.3. The van der Waals surface area contributed by atoms with Gasteiger partial charge >= 0.3 is 0 Å². The average molecular weight is 449 g/mol. The summed E-state index contributed by atoms with van der Waals surface area (Å²) in [5.41, 5.74) is 2.23. The van der Waals surface area contributed by atoms with E-state index in [2.05, 4.69) is 20.6 Å². The molecule has 2 N–H and O–H groups in total. The van der Waals surface area contributed by atoms with Gasteiger partial charge in [-0.3, -0.25) is 4.79 Å². The Morgan fingerprint density at radius 2 is 1.84 bits per heavy atom. The van der Waals surface area contributed by atoms with Crippen LogP contribution in [0.2, 0.25) is 5.02 Å². The molecule has 3 aromatic carbocycles. The molecule has 0 aliphatic rings. The molecule has 0 spiro atoms. The van der Waals surface area contributed by atoms with Crippen LogP contribution in [0.5, 0.6) is 5.75 Å². The molecule has 0 atom stereocenters. The molecule has 0 radical (unpaired) electrons. The van der Waals surface area contributed by atoms with Crippen LogP contribution in [-0.4, -0.2) is 23.0 Å². The minimum Gasteiger partial charge on any atom is -0.495 e. The summed E-state index contributed by atoms with van der Waals surface area (Å²) in [5.74, 6) is 0.774. The molecular weight excluding hydrogens is 431 g/mol. The highest BCUT2D eigenvalue weighted by Gasteiger charge is 2.10. The topological polar surface area (TPSA) is 76.1 Å². The molecule has 32 heavy (non-hydrogen) atoms. The number of carbonyl (C=O) groups excluding carboxylic acids is 1. The minimum absolute atomic E-state index is 0.293. The highest BCUT2D eigenvalue weighted by molar-refractivity contribution is 6.32. The minimum atomic E-state index is -0.360. The second-order valence-corrected chi connectivity index (χ2v) is 7.19. The number of hydrogen-bond acceptors (Lipinski definition) is 5. The Morgan fingerprint density at radius 3 is 2.62 bits per heavy atom. The number of hydrogen-bond donors (Lipinski definition) is 2. The van der Waals surface area contributed by atoms with Gasteiger partial charge in [-0.1, -0.05) is 29.8 Å². The molecule has 0 fully saturated rings. The molecule has 6 nitrogen and oxygen atoms in total. The van der Waals surface area contributed by atoms with Crippen LogP contribution < -0.4 is 15.4 Å². The van der Waals surface area contributed by atoms with Crippen molar-refractivity contribution in [3.63, 3.8) is 0 Å². The Morgan fingerprint density at radius 1 is 1.00 bits per heavy atom. The van der Waals surface area contributed by atoms with Gasteiger partial charge in [0.15, 0.2) is 5.82 Å². The number of aromatic nitrogens is 2. The first-order valence-electron chi connectivity index (χ1n) is 9.63. The van der Waals surface area contributed by atoms with Gasteiger partial charge in [0.2, 0.25) is 0 Å². The summed E-state index contributed by atoms with van der Waals surface area (Å²) in [7, 11) is 1.52. The van der Waals surface area contributed by atoms with Crippen molar-refractivity contribution in [3.8, 4) is 17.1 Å². The summed E-state index contributed by atoms with van der Waals surface area (Å²) in [4.78, 5) is 21.3. The van der Waals surface area contributed by atoms with Gasteiger partial charge in [-0.15, -0.1) is 0 Å². The van der Waals surface area contributed by atoms with Crippen molar-refractivity contribution in [3.05, 3.63) is 95.4 Å². The average Bonchev–Trinajstić information content (AvgIpc) is 2.79. The molecule has 160 valence electrons. The molecule has 1 aromatic heterocycles. The highest BCUT2D eigenvalue weighted by atomic mass is 35.5. The Bertz CT molecular complexity index is 1280. The van der Waals surface area contributed by atoms with E-state index >= 15 is 0 Å². The fourth-order valence-corrected chi connectivity index (χ4v) is 3.29. The Hall–Kier alpha value is -3.97. The molecule has 0 saturated carbocycles. The zero-order valence-electron chi connectivity index (χ0n) is 17.0. The van der Waals surface area contributed by atoms with E-state index in [9.17, 15) is 9.18 Å². The van der Waals surface area contributed by atoms with Crippen LogP contribution in [0.3, 0.4) is 0 Å². The van der Waals surface area contributed by atoms with E-state index in [1.165, 1.54) is 19.2 Å². The lowest BCUT2D eigenvalue weighted by molar-refractivity contribution is 0.102. The summed E-state index contributed by atoms with van der Waals surface area (Å²) in [5, 5.41) is 6.36. The normalized spacial score (nSPS) is 10.5. The van der Waals surface area contributed by atoms with E-state index in [0.29, 0.717) is 44.9 Å². The molecule has 0 aliphatic carbocycles. The zero-order valence-corrected chi connectivity index (χ0v) is 17.7. The van der Waals surface area contributed by atoms with Crippen LogP contribution in [0.15, 0.2) is 79.0 Å². The fourth-order valence-electron chi connectivity index (χ4n) is 3.03. The van der Waals surface area contributed by atoms with Gasteiger partial charge in [0.05, 0.1) is 12.1 Å². The molecule has 4 aromatic rings. The predicted molar refractivity (Wildman–Crippen MR) is 123 cm³/mol. The van der Waals surface area contributed by atoms with Gasteiger partial charge in [0, 0.05) is 28.7 Å². The first-order chi connectivity index (χ1) is 15.5. The lowest BCUT2D eigenvalue weighted by atomic mass is 10.1. The number of anilines is 3. The number of amides is 1. The van der Waals surface area contributed by atoms with Gasteiger partial charge in [-0.05, 0) is 54.6 Å². The number of rotatable bonds is 6. The van der Waals surface area contributed by atoms with Gasteiger partial charge in [0.1, 0.15) is 17.4 Å². The summed E-state index contributed by atoms with van der Waals surface area (Å²) in [6, 6.07) is 19.7. The standard InChI is InChI=1S/C24H18ClFN4O2/c1-32-21-9-8-19(14-20(21)25)29-24(31)16-5-3-7-18(13-16)28-22-10-11-27-23(30-22)15-4-2-6-17(26)12-15/h2-14H,1H3,(H,29,31)(H,27,28,30). The second kappa shape index (κ2) is 9.45. The van der Waals surface area contributed by atoms with Gasteiger partial charge in [-0.25, -0.2) is 14.4 Å². The molecule has 0 unspecified atom stereocenters. The van der Waals surface area contributed by atoms with E-state index in [0.717, 1.165) is 0 Å². The van der Waals surface area contributed by atoms with Crippen LogP contribution in [0.25, 0.3) is 11.4 Å². The summed E-state index contributed by atoms with van der Waals surface area (Å²) in [6.07, 6.45) is 1.58. The van der Waals surface area contributed by atoms with Gasteiger partial charge in [-0.2, -0.15) is 0 Å². The molecule has 0 bridgehead atoms. The van der Waals surface area contributed by atoms with Crippen molar-refractivity contribution < 1.29 is 13.9 Å². The molecule has 4 rings (SSSR count). The smallest absolute Gasteiger partial charge is 0.255 e. The maximum atomic E-state index is 13.5. The molecule has 8 heteroatoms. The molecular formula is C24H18ClFN4O2. The van der Waals surface area contributed by atoms with Crippen molar-refractivity contribution in [2.24, 2.45) is 0 Å². The summed E-state index contributed by atoms with van der Waals surface area (Å²) < 4.78 is 18.6. The monoisotopic (exact) mass is 448 g/mol. The van der Waals surface area contributed by atoms with E-state index in [4.69, 9.17) is 16.3 Å². The number of halogens is 2. The fraction of sp³-hybridized carbons (Fsp3) is 0.0417. The van der Waals surface area contributed by atoms with E-state index in [-0.39, 0.29) is 11.7 Å². The van der Waals surface area contributed by atoms with E-state index in [1.54, 1.807) is 60.8 Å². The highest BCUT2D eigenvalue weighted by Crippen LogP contribution is 2.27. The Labute approximate surface area is 189 Å². The third-order valence-electron chi connectivity index (χ3n) is 4.55. The van der Waals surface area contributed by atoms with Crippen molar-refractivity contribution >= 4 is 34.7 Å². The molecule has 0 saturated heterocycles. The third-order valence-corrected chi connectivity index (χ3v) is 4.84. The molecule has 0 aliphatic heterocycles. The number of methoxy groups -OCH3 is 1. The van der Waals surface area contributed by atoms with Crippen LogP contribution in [0.4, 0.5) is 21.6 Å². The van der Waals surface area contributed by atoms with E-state index < -0.39 is 0 Å². The number of ether oxygens (including phenoxy) is 1. The van der Waals surface area contributed by atoms with Crippen LogP contribution >= 0.6 is 11.6 Å². The maximum Gasteiger partial charge on any atom is 0.255 e. The number of nitrogens with zero attached hydrogens (tertiary/aromatic N) is 2. The van der Waals surface area contributed by atoms with Crippen molar-refractivity contribution in [1.82, 2.24) is 9.97 Å². The summed E-state index contributed by atoms with van der Waals surface area (Å²) >= 11 is 6.12. The van der Waals surface area contributed by atoms with Crippen LogP contribution in [0, 0.1) is 5.82 Å². The Kier molecular flexibility index (Phi) is 6.28.